The Hall–Kier alpha value is -3.15. The fourth-order valence-electron chi connectivity index (χ4n) is 2.66. The zero-order valence-corrected chi connectivity index (χ0v) is 14.4. The number of para-hydroxylation sites is 2. The van der Waals surface area contributed by atoms with Crippen LogP contribution in [0.3, 0.4) is 0 Å². The van der Waals surface area contributed by atoms with Crippen LogP contribution in [0.15, 0.2) is 59.4 Å². The van der Waals surface area contributed by atoms with E-state index in [0.29, 0.717) is 12.2 Å². The van der Waals surface area contributed by atoms with Crippen molar-refractivity contribution in [3.8, 4) is 5.69 Å². The van der Waals surface area contributed by atoms with Gasteiger partial charge in [0.1, 0.15) is 5.82 Å². The van der Waals surface area contributed by atoms with Gasteiger partial charge in [-0.05, 0) is 30.2 Å². The van der Waals surface area contributed by atoms with Crippen LogP contribution < -0.4 is 16.5 Å². The van der Waals surface area contributed by atoms with Gasteiger partial charge in [-0.15, -0.1) is 0 Å². The molecule has 0 saturated carbocycles. The number of nitrogens with zero attached hydrogens (tertiary/aromatic N) is 3. The lowest BCUT2D eigenvalue weighted by molar-refractivity contribution is 0.765. The number of aromatic nitrogens is 3. The zero-order chi connectivity index (χ0) is 17.6. The molecular weight excluding hydrogens is 314 g/mol. The van der Waals surface area contributed by atoms with E-state index >= 15 is 0 Å². The van der Waals surface area contributed by atoms with Crippen LogP contribution in [0, 0.1) is 0 Å². The molecule has 2 aromatic carbocycles. The van der Waals surface area contributed by atoms with Gasteiger partial charge < -0.3 is 0 Å². The first-order valence-electron chi connectivity index (χ1n) is 8.38. The molecule has 6 heteroatoms. The lowest BCUT2D eigenvalue weighted by atomic mass is 10.1. The van der Waals surface area contributed by atoms with Gasteiger partial charge in [0.15, 0.2) is 0 Å². The molecule has 0 spiro atoms. The Morgan fingerprint density at radius 3 is 2.32 bits per heavy atom. The van der Waals surface area contributed by atoms with Crippen LogP contribution in [0.5, 0.6) is 0 Å². The van der Waals surface area contributed by atoms with Crippen LogP contribution in [0.2, 0.25) is 0 Å². The van der Waals surface area contributed by atoms with E-state index in [-0.39, 0.29) is 11.6 Å². The van der Waals surface area contributed by atoms with Gasteiger partial charge in [-0.1, -0.05) is 50.2 Å². The summed E-state index contributed by atoms with van der Waals surface area (Å²) in [6.07, 6.45) is 1.46. The molecule has 0 saturated heterocycles. The first-order chi connectivity index (χ1) is 12.2. The second-order valence-electron chi connectivity index (χ2n) is 5.53. The molecule has 0 aliphatic carbocycles. The molecule has 0 radical (unpaired) electrons. The third-order valence-electron chi connectivity index (χ3n) is 3.91. The van der Waals surface area contributed by atoms with Crippen molar-refractivity contribution in [2.45, 2.75) is 26.7 Å². The third-order valence-corrected chi connectivity index (χ3v) is 3.91. The quantitative estimate of drug-likeness (QED) is 0.677. The van der Waals surface area contributed by atoms with Crippen LogP contribution in [-0.4, -0.2) is 14.5 Å². The highest BCUT2D eigenvalue weighted by Crippen LogP contribution is 2.15. The molecule has 25 heavy (non-hydrogen) atoms. The van der Waals surface area contributed by atoms with Gasteiger partial charge in [-0.2, -0.15) is 9.97 Å². The lowest BCUT2D eigenvalue weighted by Gasteiger charge is -2.15. The van der Waals surface area contributed by atoms with Crippen molar-refractivity contribution in [1.82, 2.24) is 14.5 Å². The Bertz CT molecular complexity index is 905. The van der Waals surface area contributed by atoms with E-state index in [4.69, 9.17) is 0 Å². The van der Waals surface area contributed by atoms with Gasteiger partial charge in [-0.25, -0.2) is 9.36 Å². The van der Waals surface area contributed by atoms with Crippen LogP contribution in [0.25, 0.3) is 5.69 Å². The number of nitrogens with one attached hydrogen (secondary N) is 2. The number of hydrogen-bond acceptors (Lipinski definition) is 5. The Morgan fingerprint density at radius 1 is 0.880 bits per heavy atom. The van der Waals surface area contributed by atoms with Crippen LogP contribution >= 0.6 is 0 Å². The van der Waals surface area contributed by atoms with E-state index in [0.717, 1.165) is 23.4 Å². The van der Waals surface area contributed by atoms with Crippen molar-refractivity contribution in [2.24, 2.45) is 0 Å². The SMILES string of the molecule is CCc1ccccc1-n1c(CC)nc(NNc2ccccc2)nc1=O. The molecule has 0 fully saturated rings. The summed E-state index contributed by atoms with van der Waals surface area (Å²) in [6, 6.07) is 17.4. The number of rotatable bonds is 6. The Labute approximate surface area is 146 Å². The summed E-state index contributed by atoms with van der Waals surface area (Å²) in [6.45, 7) is 4.04. The molecule has 0 bridgehead atoms. The number of anilines is 2. The summed E-state index contributed by atoms with van der Waals surface area (Å²) in [7, 11) is 0. The summed E-state index contributed by atoms with van der Waals surface area (Å²) < 4.78 is 1.59. The number of hydrogen-bond donors (Lipinski definition) is 2. The van der Waals surface area contributed by atoms with Gasteiger partial charge in [0, 0.05) is 6.42 Å². The molecule has 2 N–H and O–H groups in total. The maximum Gasteiger partial charge on any atom is 0.356 e. The van der Waals surface area contributed by atoms with Crippen molar-refractivity contribution < 1.29 is 0 Å². The molecule has 3 aromatic rings. The summed E-state index contributed by atoms with van der Waals surface area (Å²) in [4.78, 5) is 21.2. The van der Waals surface area contributed by atoms with Crippen molar-refractivity contribution in [3.63, 3.8) is 0 Å². The van der Waals surface area contributed by atoms with Gasteiger partial charge in [-0.3, -0.25) is 10.9 Å². The molecule has 0 amide bonds. The summed E-state index contributed by atoms with van der Waals surface area (Å²) in [5.74, 6) is 0.925. The number of aryl methyl sites for hydroxylation is 2. The van der Waals surface area contributed by atoms with Crippen LogP contribution in [0.1, 0.15) is 25.2 Å². The Morgan fingerprint density at radius 2 is 1.60 bits per heavy atom. The standard InChI is InChI=1S/C19H21N5O/c1-3-14-10-8-9-13-16(14)24-17(4-2)20-18(21-19(24)25)23-22-15-11-6-5-7-12-15/h5-13,22H,3-4H2,1-2H3,(H,21,23,25). The molecular formula is C19H21N5O. The van der Waals surface area contributed by atoms with Crippen molar-refractivity contribution in [1.29, 1.82) is 0 Å². The molecule has 1 aromatic heterocycles. The van der Waals surface area contributed by atoms with E-state index in [1.54, 1.807) is 4.57 Å². The molecule has 0 aliphatic rings. The summed E-state index contributed by atoms with van der Waals surface area (Å²) >= 11 is 0. The van der Waals surface area contributed by atoms with E-state index < -0.39 is 0 Å². The molecule has 1 heterocycles. The third kappa shape index (κ3) is 3.68. The Kier molecular flexibility index (Phi) is 5.09. The molecule has 6 nitrogen and oxygen atoms in total. The minimum atomic E-state index is -0.342. The zero-order valence-electron chi connectivity index (χ0n) is 14.4. The van der Waals surface area contributed by atoms with Crippen molar-refractivity contribution in [3.05, 3.63) is 76.5 Å². The molecule has 3 rings (SSSR count). The van der Waals surface area contributed by atoms with Gasteiger partial charge in [0.2, 0.25) is 5.95 Å². The normalized spacial score (nSPS) is 10.5. The van der Waals surface area contributed by atoms with Crippen molar-refractivity contribution >= 4 is 11.6 Å². The topological polar surface area (TPSA) is 71.8 Å². The predicted octanol–water partition coefficient (Wildman–Crippen LogP) is 3.19. The largest absolute Gasteiger partial charge is 0.356 e. The Balaban J connectivity index is 1.95. The smallest absolute Gasteiger partial charge is 0.298 e. The van der Waals surface area contributed by atoms with E-state index in [9.17, 15) is 4.79 Å². The van der Waals surface area contributed by atoms with Crippen LogP contribution in [-0.2, 0) is 12.8 Å². The molecule has 0 unspecified atom stereocenters. The average molecular weight is 335 g/mol. The van der Waals surface area contributed by atoms with E-state index in [1.807, 2.05) is 61.5 Å². The van der Waals surface area contributed by atoms with E-state index in [1.165, 1.54) is 0 Å². The highest BCUT2D eigenvalue weighted by Gasteiger charge is 2.13. The first-order valence-corrected chi connectivity index (χ1v) is 8.38. The summed E-state index contributed by atoms with van der Waals surface area (Å²) in [5.41, 5.74) is 8.35. The van der Waals surface area contributed by atoms with Gasteiger partial charge in [0.05, 0.1) is 11.4 Å². The second-order valence-corrected chi connectivity index (χ2v) is 5.53. The minimum Gasteiger partial charge on any atom is -0.298 e. The van der Waals surface area contributed by atoms with Gasteiger partial charge in [0.25, 0.3) is 0 Å². The highest BCUT2D eigenvalue weighted by atomic mass is 16.1. The van der Waals surface area contributed by atoms with Crippen molar-refractivity contribution in [2.75, 3.05) is 10.9 Å². The highest BCUT2D eigenvalue weighted by molar-refractivity contribution is 5.47. The summed E-state index contributed by atoms with van der Waals surface area (Å²) in [5, 5.41) is 0. The molecule has 0 aliphatic heterocycles. The minimum absolute atomic E-state index is 0.260. The fourth-order valence-corrected chi connectivity index (χ4v) is 2.66. The fraction of sp³-hybridized carbons (Fsp3) is 0.211. The predicted molar refractivity (Wildman–Crippen MR) is 100 cm³/mol. The maximum atomic E-state index is 12.6. The second kappa shape index (κ2) is 7.61. The maximum absolute atomic E-state index is 12.6. The average Bonchev–Trinajstić information content (AvgIpc) is 2.66. The van der Waals surface area contributed by atoms with E-state index in [2.05, 4.69) is 27.7 Å². The van der Waals surface area contributed by atoms with Gasteiger partial charge >= 0.3 is 5.69 Å². The first kappa shape index (κ1) is 16.7. The lowest BCUT2D eigenvalue weighted by Crippen LogP contribution is -2.29. The monoisotopic (exact) mass is 335 g/mol. The number of benzene rings is 2. The molecule has 0 atom stereocenters. The molecule has 128 valence electrons. The van der Waals surface area contributed by atoms with Crippen LogP contribution in [0.4, 0.5) is 11.6 Å². The number of hydrazine groups is 1.